The lowest BCUT2D eigenvalue weighted by atomic mass is 9.66. The van der Waals surface area contributed by atoms with Crippen LogP contribution in [0.2, 0.25) is 0 Å². The molecule has 0 radical (unpaired) electrons. The van der Waals surface area contributed by atoms with Crippen molar-refractivity contribution in [2.24, 2.45) is 5.92 Å². The van der Waals surface area contributed by atoms with E-state index in [4.69, 9.17) is 4.74 Å². The van der Waals surface area contributed by atoms with E-state index in [1.54, 1.807) is 12.0 Å². The van der Waals surface area contributed by atoms with Crippen molar-refractivity contribution in [3.8, 4) is 5.75 Å². The molecule has 1 unspecified atom stereocenters. The lowest BCUT2D eigenvalue weighted by molar-refractivity contribution is -0.958. The standard InChI is InChI=1S/C24H31NO2/c1-18-6-8-19(9-7-18)17-25-16-15-24(26)14-4-3-5-22(24)23(25)20-10-12-21(27-2)13-11-20/h6-13,22-23,26H,3-5,14-17H2,1-2H3/p+1/t22-,23+,24+/m0/s1. The number of aliphatic hydroxyl groups is 1. The van der Waals surface area contributed by atoms with Gasteiger partial charge >= 0.3 is 0 Å². The van der Waals surface area contributed by atoms with E-state index in [9.17, 15) is 5.11 Å². The number of rotatable bonds is 4. The number of hydrogen-bond donors (Lipinski definition) is 2. The van der Waals surface area contributed by atoms with Crippen LogP contribution in [0.1, 0.15) is 54.8 Å². The summed E-state index contributed by atoms with van der Waals surface area (Å²) in [5.74, 6) is 1.24. The van der Waals surface area contributed by atoms with Gasteiger partial charge in [0.2, 0.25) is 0 Å². The van der Waals surface area contributed by atoms with E-state index in [-0.39, 0.29) is 0 Å². The number of aryl methyl sites for hydroxylation is 1. The van der Waals surface area contributed by atoms with E-state index in [2.05, 4.69) is 55.5 Å². The highest BCUT2D eigenvalue weighted by atomic mass is 16.5. The van der Waals surface area contributed by atoms with Crippen LogP contribution < -0.4 is 9.64 Å². The largest absolute Gasteiger partial charge is 0.497 e. The van der Waals surface area contributed by atoms with Crippen molar-refractivity contribution in [3.05, 3.63) is 65.2 Å². The first-order chi connectivity index (χ1) is 13.1. The molecule has 27 heavy (non-hydrogen) atoms. The third-order valence-electron chi connectivity index (χ3n) is 6.81. The number of ether oxygens (including phenoxy) is 1. The van der Waals surface area contributed by atoms with Crippen LogP contribution in [0.25, 0.3) is 0 Å². The van der Waals surface area contributed by atoms with Crippen molar-refractivity contribution in [1.82, 2.24) is 0 Å². The summed E-state index contributed by atoms with van der Waals surface area (Å²) in [6.45, 7) is 4.18. The summed E-state index contributed by atoms with van der Waals surface area (Å²) in [7, 11) is 1.71. The van der Waals surface area contributed by atoms with Crippen molar-refractivity contribution in [3.63, 3.8) is 0 Å². The van der Waals surface area contributed by atoms with E-state index < -0.39 is 5.60 Å². The second kappa shape index (κ2) is 7.65. The predicted octanol–water partition coefficient (Wildman–Crippen LogP) is 3.45. The van der Waals surface area contributed by atoms with Crippen molar-refractivity contribution < 1.29 is 14.7 Å². The molecule has 2 fully saturated rings. The van der Waals surface area contributed by atoms with Crippen molar-refractivity contribution in [2.45, 2.75) is 57.2 Å². The fourth-order valence-electron chi connectivity index (χ4n) is 5.30. The van der Waals surface area contributed by atoms with E-state index in [1.165, 1.54) is 23.1 Å². The molecule has 2 aliphatic rings. The number of fused-ring (bicyclic) bond motifs is 1. The van der Waals surface area contributed by atoms with Gasteiger partial charge in [-0.1, -0.05) is 42.7 Å². The van der Waals surface area contributed by atoms with E-state index in [0.717, 1.165) is 44.5 Å². The molecule has 0 aromatic heterocycles. The van der Waals surface area contributed by atoms with Crippen LogP contribution in [0.3, 0.4) is 0 Å². The van der Waals surface area contributed by atoms with Crippen LogP contribution in [0.15, 0.2) is 48.5 Å². The van der Waals surface area contributed by atoms with Gasteiger partial charge in [-0.15, -0.1) is 0 Å². The van der Waals surface area contributed by atoms with Crippen LogP contribution in [0.4, 0.5) is 0 Å². The highest BCUT2D eigenvalue weighted by Crippen LogP contribution is 2.44. The Morgan fingerprint density at radius 1 is 1.04 bits per heavy atom. The molecule has 1 aliphatic heterocycles. The fourth-order valence-corrected chi connectivity index (χ4v) is 5.30. The Morgan fingerprint density at radius 2 is 1.78 bits per heavy atom. The van der Waals surface area contributed by atoms with Crippen LogP contribution >= 0.6 is 0 Å². The molecule has 1 aliphatic carbocycles. The van der Waals surface area contributed by atoms with Gasteiger partial charge < -0.3 is 14.7 Å². The number of nitrogens with one attached hydrogen (secondary N) is 1. The Kier molecular flexibility index (Phi) is 5.25. The fraction of sp³-hybridized carbons (Fsp3) is 0.500. The van der Waals surface area contributed by atoms with Gasteiger partial charge in [-0.2, -0.15) is 0 Å². The van der Waals surface area contributed by atoms with Crippen LogP contribution in [-0.2, 0) is 6.54 Å². The van der Waals surface area contributed by atoms with Crippen molar-refractivity contribution in [2.75, 3.05) is 13.7 Å². The van der Waals surface area contributed by atoms with Gasteiger partial charge in [-0.3, -0.25) is 0 Å². The molecular formula is C24H32NO2+. The maximum Gasteiger partial charge on any atom is 0.119 e. The quantitative estimate of drug-likeness (QED) is 0.869. The summed E-state index contributed by atoms with van der Waals surface area (Å²) in [6.07, 6.45) is 5.41. The number of quaternary nitrogens is 1. The minimum Gasteiger partial charge on any atom is -0.497 e. The van der Waals surface area contributed by atoms with Gasteiger partial charge in [-0.05, 0) is 44.0 Å². The molecule has 1 heterocycles. The molecule has 4 atom stereocenters. The Balaban J connectivity index is 1.66. The van der Waals surface area contributed by atoms with Gasteiger partial charge in [0, 0.05) is 23.5 Å². The Morgan fingerprint density at radius 3 is 2.48 bits per heavy atom. The number of piperidine rings is 1. The first-order valence-electron chi connectivity index (χ1n) is 10.4. The average Bonchev–Trinajstić information content (AvgIpc) is 2.70. The third-order valence-corrected chi connectivity index (χ3v) is 6.81. The monoisotopic (exact) mass is 366 g/mol. The maximum absolute atomic E-state index is 11.4. The molecule has 0 bridgehead atoms. The second-order valence-electron chi connectivity index (χ2n) is 8.53. The third kappa shape index (κ3) is 3.76. The molecule has 0 spiro atoms. The molecule has 4 rings (SSSR count). The summed E-state index contributed by atoms with van der Waals surface area (Å²) in [5.41, 5.74) is 3.54. The van der Waals surface area contributed by atoms with Crippen LogP contribution in [-0.4, -0.2) is 24.4 Å². The molecule has 3 heteroatoms. The normalized spacial score (nSPS) is 30.6. The minimum atomic E-state index is -0.486. The summed E-state index contributed by atoms with van der Waals surface area (Å²) in [6, 6.07) is 17.8. The summed E-state index contributed by atoms with van der Waals surface area (Å²) < 4.78 is 5.36. The van der Waals surface area contributed by atoms with E-state index in [1.807, 2.05) is 0 Å². The molecule has 0 amide bonds. The van der Waals surface area contributed by atoms with Crippen molar-refractivity contribution in [1.29, 1.82) is 0 Å². The minimum absolute atomic E-state index is 0.342. The van der Waals surface area contributed by atoms with Gasteiger partial charge in [0.05, 0.1) is 19.3 Å². The number of likely N-dealkylation sites (tertiary alicyclic amines) is 1. The lowest BCUT2D eigenvalue weighted by Crippen LogP contribution is -3.13. The molecule has 2 aromatic rings. The maximum atomic E-state index is 11.4. The second-order valence-corrected chi connectivity index (χ2v) is 8.53. The Bertz CT molecular complexity index is 755. The van der Waals surface area contributed by atoms with Gasteiger partial charge in [0.25, 0.3) is 0 Å². The van der Waals surface area contributed by atoms with Gasteiger partial charge in [0.1, 0.15) is 18.3 Å². The zero-order valence-electron chi connectivity index (χ0n) is 16.6. The summed E-state index contributed by atoms with van der Waals surface area (Å²) >= 11 is 0. The number of methoxy groups -OCH3 is 1. The molecule has 2 N–H and O–H groups in total. The molecular weight excluding hydrogens is 334 g/mol. The average molecular weight is 367 g/mol. The lowest BCUT2D eigenvalue weighted by Gasteiger charge is -2.50. The molecule has 1 saturated heterocycles. The first-order valence-corrected chi connectivity index (χ1v) is 10.4. The summed E-state index contributed by atoms with van der Waals surface area (Å²) in [5, 5.41) is 11.4. The Labute approximate surface area is 163 Å². The van der Waals surface area contributed by atoms with Gasteiger partial charge in [-0.25, -0.2) is 0 Å². The smallest absolute Gasteiger partial charge is 0.119 e. The van der Waals surface area contributed by atoms with Crippen LogP contribution in [0.5, 0.6) is 5.75 Å². The SMILES string of the molecule is COc1ccc([C@@H]2[C@@H]3CCCC[C@@]3(O)CC[NH+]2Cc2ccc(C)cc2)cc1. The first kappa shape index (κ1) is 18.5. The van der Waals surface area contributed by atoms with Crippen LogP contribution in [0, 0.1) is 12.8 Å². The number of hydrogen-bond acceptors (Lipinski definition) is 2. The van der Waals surface area contributed by atoms with Gasteiger partial charge in [0.15, 0.2) is 0 Å². The molecule has 3 nitrogen and oxygen atoms in total. The number of benzene rings is 2. The predicted molar refractivity (Wildman–Crippen MR) is 108 cm³/mol. The topological polar surface area (TPSA) is 33.9 Å². The van der Waals surface area contributed by atoms with E-state index >= 15 is 0 Å². The highest BCUT2D eigenvalue weighted by Gasteiger charge is 2.51. The van der Waals surface area contributed by atoms with Crippen molar-refractivity contribution >= 4 is 0 Å². The summed E-state index contributed by atoms with van der Waals surface area (Å²) in [4.78, 5) is 1.58. The zero-order chi connectivity index (χ0) is 18.9. The Hall–Kier alpha value is -1.84. The molecule has 1 saturated carbocycles. The van der Waals surface area contributed by atoms with E-state index in [0.29, 0.717) is 12.0 Å². The molecule has 2 aromatic carbocycles. The molecule has 144 valence electrons. The zero-order valence-corrected chi connectivity index (χ0v) is 16.6. The highest BCUT2D eigenvalue weighted by molar-refractivity contribution is 5.29.